The zero-order chi connectivity index (χ0) is 15.4. The van der Waals surface area contributed by atoms with Crippen LogP contribution in [0, 0.1) is 0 Å². The summed E-state index contributed by atoms with van der Waals surface area (Å²) >= 11 is 0. The summed E-state index contributed by atoms with van der Waals surface area (Å²) in [5.41, 5.74) is 9.85. The SMILES string of the molecule is CCn1ncc2c(NNNN=C(C)C)c(C(=O)O)cnc21. The van der Waals surface area contributed by atoms with Gasteiger partial charge in [-0.05, 0) is 20.8 Å². The second kappa shape index (κ2) is 6.18. The molecular weight excluding hydrogens is 274 g/mol. The normalized spacial score (nSPS) is 10.4. The van der Waals surface area contributed by atoms with E-state index >= 15 is 0 Å². The van der Waals surface area contributed by atoms with Crippen molar-refractivity contribution in [1.82, 2.24) is 25.8 Å². The van der Waals surface area contributed by atoms with Crippen LogP contribution in [0.2, 0.25) is 0 Å². The van der Waals surface area contributed by atoms with Crippen LogP contribution in [0.15, 0.2) is 17.5 Å². The first-order valence-electron chi connectivity index (χ1n) is 6.39. The fraction of sp³-hybridized carbons (Fsp3) is 0.333. The topological polar surface area (TPSA) is 116 Å². The third-order valence-corrected chi connectivity index (χ3v) is 2.72. The average Bonchev–Trinajstić information content (AvgIpc) is 2.86. The van der Waals surface area contributed by atoms with Gasteiger partial charge in [0.05, 0.1) is 17.3 Å². The van der Waals surface area contributed by atoms with E-state index in [1.54, 1.807) is 10.9 Å². The molecule has 4 N–H and O–H groups in total. The fourth-order valence-corrected chi connectivity index (χ4v) is 1.79. The Labute approximate surface area is 121 Å². The smallest absolute Gasteiger partial charge is 0.339 e. The van der Waals surface area contributed by atoms with Gasteiger partial charge in [-0.1, -0.05) is 0 Å². The molecule has 0 spiro atoms. The molecule has 0 bridgehead atoms. The Kier molecular flexibility index (Phi) is 4.33. The van der Waals surface area contributed by atoms with Crippen LogP contribution in [0.3, 0.4) is 0 Å². The quantitative estimate of drug-likeness (QED) is 0.356. The van der Waals surface area contributed by atoms with Crippen LogP contribution in [-0.4, -0.2) is 31.6 Å². The number of pyridine rings is 1. The van der Waals surface area contributed by atoms with Gasteiger partial charge in [0.2, 0.25) is 0 Å². The van der Waals surface area contributed by atoms with Crippen molar-refractivity contribution in [2.24, 2.45) is 5.10 Å². The van der Waals surface area contributed by atoms with Gasteiger partial charge in [0.25, 0.3) is 0 Å². The molecule has 0 atom stereocenters. The molecule has 21 heavy (non-hydrogen) atoms. The number of aromatic nitrogens is 3. The molecule has 2 rings (SSSR count). The summed E-state index contributed by atoms with van der Waals surface area (Å²) in [6, 6.07) is 0. The molecule has 0 aliphatic carbocycles. The first-order chi connectivity index (χ1) is 10.0. The molecule has 2 aromatic rings. The van der Waals surface area contributed by atoms with Crippen molar-refractivity contribution in [2.45, 2.75) is 27.3 Å². The number of aromatic carboxylic acids is 1. The molecular formula is C12H17N7O2. The highest BCUT2D eigenvalue weighted by Gasteiger charge is 2.17. The predicted molar refractivity (Wildman–Crippen MR) is 78.8 cm³/mol. The summed E-state index contributed by atoms with van der Waals surface area (Å²) in [6.07, 6.45) is 2.88. The van der Waals surface area contributed by atoms with Crippen molar-refractivity contribution in [3.05, 3.63) is 18.0 Å². The number of carbonyl (C=O) groups is 1. The molecule has 0 aliphatic heterocycles. The average molecular weight is 291 g/mol. The number of carboxylic acids is 1. The van der Waals surface area contributed by atoms with Crippen molar-refractivity contribution < 1.29 is 9.90 Å². The molecule has 0 aliphatic rings. The Morgan fingerprint density at radius 1 is 1.43 bits per heavy atom. The molecule has 112 valence electrons. The lowest BCUT2D eigenvalue weighted by Crippen LogP contribution is -2.34. The molecule has 0 unspecified atom stereocenters. The summed E-state index contributed by atoms with van der Waals surface area (Å²) in [7, 11) is 0. The van der Waals surface area contributed by atoms with E-state index in [4.69, 9.17) is 0 Å². The third-order valence-electron chi connectivity index (χ3n) is 2.72. The number of nitrogens with one attached hydrogen (secondary N) is 3. The number of aryl methyl sites for hydroxylation is 1. The van der Waals surface area contributed by atoms with E-state index in [2.05, 4.69) is 31.7 Å². The maximum Gasteiger partial charge on any atom is 0.339 e. The lowest BCUT2D eigenvalue weighted by Gasteiger charge is -2.11. The largest absolute Gasteiger partial charge is 0.478 e. The van der Waals surface area contributed by atoms with Crippen LogP contribution in [0.25, 0.3) is 11.0 Å². The molecule has 9 heteroatoms. The Morgan fingerprint density at radius 2 is 2.19 bits per heavy atom. The monoisotopic (exact) mass is 291 g/mol. The summed E-state index contributed by atoms with van der Waals surface area (Å²) in [5.74, 6) is -1.08. The van der Waals surface area contributed by atoms with E-state index in [-0.39, 0.29) is 5.56 Å². The summed E-state index contributed by atoms with van der Waals surface area (Å²) in [4.78, 5) is 15.5. The van der Waals surface area contributed by atoms with E-state index in [0.29, 0.717) is 23.3 Å². The van der Waals surface area contributed by atoms with E-state index in [9.17, 15) is 9.90 Å². The summed E-state index contributed by atoms with van der Waals surface area (Å²) in [6.45, 7) is 6.23. The first kappa shape index (κ1) is 14.7. The van der Waals surface area contributed by atoms with Crippen LogP contribution < -0.4 is 16.5 Å². The summed E-state index contributed by atoms with van der Waals surface area (Å²) < 4.78 is 1.69. The maximum absolute atomic E-state index is 11.3. The molecule has 0 fully saturated rings. The number of rotatable bonds is 6. The molecule has 2 aromatic heterocycles. The lowest BCUT2D eigenvalue weighted by molar-refractivity contribution is 0.0697. The number of fused-ring (bicyclic) bond motifs is 1. The van der Waals surface area contributed by atoms with E-state index < -0.39 is 5.97 Å². The molecule has 0 amide bonds. The number of anilines is 1. The Hall–Kier alpha value is -2.68. The van der Waals surface area contributed by atoms with Gasteiger partial charge in [-0.3, -0.25) is 0 Å². The second-order valence-electron chi connectivity index (χ2n) is 4.47. The Bertz CT molecular complexity index is 688. The number of hydrazine groups is 2. The minimum Gasteiger partial charge on any atom is -0.478 e. The Balaban J connectivity index is 2.37. The van der Waals surface area contributed by atoms with E-state index in [0.717, 1.165) is 5.71 Å². The first-order valence-corrected chi connectivity index (χ1v) is 6.39. The molecule has 2 heterocycles. The van der Waals surface area contributed by atoms with Gasteiger partial charge in [-0.25, -0.2) is 20.0 Å². The van der Waals surface area contributed by atoms with Gasteiger partial charge in [0.1, 0.15) is 5.56 Å². The highest BCUT2D eigenvalue weighted by Crippen LogP contribution is 2.25. The maximum atomic E-state index is 11.3. The van der Waals surface area contributed by atoms with E-state index in [1.165, 1.54) is 6.20 Å². The van der Waals surface area contributed by atoms with Crippen molar-refractivity contribution in [2.75, 3.05) is 5.43 Å². The highest BCUT2D eigenvalue weighted by atomic mass is 16.4. The predicted octanol–water partition coefficient (Wildman–Crippen LogP) is 0.966. The fourth-order valence-electron chi connectivity index (χ4n) is 1.79. The molecule has 0 saturated carbocycles. The van der Waals surface area contributed by atoms with Gasteiger partial charge < -0.3 is 10.5 Å². The van der Waals surface area contributed by atoms with Crippen LogP contribution in [0.1, 0.15) is 31.1 Å². The molecule has 0 saturated heterocycles. The summed E-state index contributed by atoms with van der Waals surface area (Å²) in [5, 5.41) is 18.0. The third kappa shape index (κ3) is 3.08. The van der Waals surface area contributed by atoms with Crippen LogP contribution >= 0.6 is 0 Å². The van der Waals surface area contributed by atoms with E-state index in [1.807, 2.05) is 20.8 Å². The Morgan fingerprint density at radius 3 is 2.81 bits per heavy atom. The standard InChI is InChI=1S/C12H17N7O2/c1-4-19-11-8(6-14-19)10(9(5-13-11)12(20)21)16-18-17-15-7(2)3/h5-6,17-18H,4H2,1-3H3,(H,13,16)(H,20,21). The second-order valence-corrected chi connectivity index (χ2v) is 4.47. The van der Waals surface area contributed by atoms with Gasteiger partial charge in [0, 0.05) is 18.5 Å². The number of hydrogen-bond acceptors (Lipinski definition) is 7. The van der Waals surface area contributed by atoms with Gasteiger partial charge in [-0.15, -0.1) is 5.53 Å². The number of nitrogens with zero attached hydrogens (tertiary/aromatic N) is 4. The highest BCUT2D eigenvalue weighted by molar-refractivity contribution is 6.03. The number of hydrogen-bond donors (Lipinski definition) is 4. The minimum absolute atomic E-state index is 0.0460. The van der Waals surface area contributed by atoms with Crippen molar-refractivity contribution in [3.8, 4) is 0 Å². The van der Waals surface area contributed by atoms with Crippen LogP contribution in [0.4, 0.5) is 5.69 Å². The number of hydrazone groups is 1. The van der Waals surface area contributed by atoms with Crippen molar-refractivity contribution in [1.29, 1.82) is 0 Å². The van der Waals surface area contributed by atoms with Crippen molar-refractivity contribution in [3.63, 3.8) is 0 Å². The van der Waals surface area contributed by atoms with Crippen LogP contribution in [0.5, 0.6) is 0 Å². The number of carboxylic acid groups (broad SMARTS) is 1. The zero-order valence-electron chi connectivity index (χ0n) is 12.0. The van der Waals surface area contributed by atoms with Gasteiger partial charge in [-0.2, -0.15) is 10.2 Å². The van der Waals surface area contributed by atoms with Crippen molar-refractivity contribution >= 4 is 28.4 Å². The minimum atomic E-state index is -1.08. The molecule has 0 aromatic carbocycles. The van der Waals surface area contributed by atoms with Gasteiger partial charge in [0.15, 0.2) is 5.65 Å². The lowest BCUT2D eigenvalue weighted by atomic mass is 10.2. The molecule has 9 nitrogen and oxygen atoms in total. The molecule has 0 radical (unpaired) electrons. The van der Waals surface area contributed by atoms with Crippen LogP contribution in [-0.2, 0) is 6.54 Å². The zero-order valence-corrected chi connectivity index (χ0v) is 12.0. The van der Waals surface area contributed by atoms with Gasteiger partial charge >= 0.3 is 5.97 Å².